The molecule has 2 aromatic carbocycles. The Morgan fingerprint density at radius 2 is 2.00 bits per heavy atom. The summed E-state index contributed by atoms with van der Waals surface area (Å²) in [6.45, 7) is 2.11. The van der Waals surface area contributed by atoms with E-state index in [1.807, 2.05) is 0 Å². The van der Waals surface area contributed by atoms with Gasteiger partial charge in [0.15, 0.2) is 11.5 Å². The molecule has 0 bridgehead atoms. The van der Waals surface area contributed by atoms with Crippen molar-refractivity contribution in [3.05, 3.63) is 63.5 Å². The minimum atomic E-state index is -0.625. The molecule has 0 aromatic heterocycles. The summed E-state index contributed by atoms with van der Waals surface area (Å²) < 4.78 is 24.7. The van der Waals surface area contributed by atoms with Gasteiger partial charge in [0.05, 0.1) is 24.7 Å². The maximum absolute atomic E-state index is 14.1. The molecule has 0 atom stereocenters. The molecule has 148 valence electrons. The molecule has 0 heterocycles. The van der Waals surface area contributed by atoms with Crippen LogP contribution in [0.3, 0.4) is 0 Å². The lowest BCUT2D eigenvalue weighted by Gasteiger charge is -2.23. The summed E-state index contributed by atoms with van der Waals surface area (Å²) in [5.41, 5.74) is -0.106. The van der Waals surface area contributed by atoms with Crippen molar-refractivity contribution in [2.24, 2.45) is 0 Å². The van der Waals surface area contributed by atoms with Gasteiger partial charge in [0, 0.05) is 24.2 Å². The zero-order valence-corrected chi connectivity index (χ0v) is 15.7. The topological polar surface area (TPSA) is 81.9 Å². The van der Waals surface area contributed by atoms with Crippen molar-refractivity contribution >= 4 is 11.6 Å². The summed E-state index contributed by atoms with van der Waals surface area (Å²) in [5.74, 6) is -0.515. The van der Waals surface area contributed by atoms with Gasteiger partial charge in [-0.1, -0.05) is 18.2 Å². The highest BCUT2D eigenvalue weighted by Gasteiger charge is 2.36. The van der Waals surface area contributed by atoms with E-state index in [1.165, 1.54) is 30.2 Å². The highest BCUT2D eigenvalue weighted by Crippen LogP contribution is 2.37. The Hall–Kier alpha value is -3.16. The lowest BCUT2D eigenvalue weighted by atomic mass is 10.1. The van der Waals surface area contributed by atoms with Crippen LogP contribution in [0.2, 0.25) is 0 Å². The number of benzene rings is 2. The van der Waals surface area contributed by atoms with E-state index < -0.39 is 16.6 Å². The second-order valence-electron chi connectivity index (χ2n) is 6.47. The van der Waals surface area contributed by atoms with Crippen molar-refractivity contribution in [2.45, 2.75) is 32.4 Å². The molecule has 0 saturated heterocycles. The van der Waals surface area contributed by atoms with E-state index >= 15 is 0 Å². The minimum absolute atomic E-state index is 0.0450. The number of hydrogen-bond donors (Lipinski definition) is 0. The normalized spacial score (nSPS) is 13.1. The summed E-state index contributed by atoms with van der Waals surface area (Å²) in [4.78, 5) is 25.7. The Morgan fingerprint density at radius 1 is 1.29 bits per heavy atom. The molecule has 0 aliphatic heterocycles. The van der Waals surface area contributed by atoms with Crippen LogP contribution in [0.4, 0.5) is 10.1 Å². The maximum atomic E-state index is 14.1. The molecule has 1 saturated carbocycles. The van der Waals surface area contributed by atoms with Crippen LogP contribution in [0.15, 0.2) is 36.4 Å². The van der Waals surface area contributed by atoms with Crippen LogP contribution in [0, 0.1) is 15.9 Å². The van der Waals surface area contributed by atoms with Crippen molar-refractivity contribution in [3.63, 3.8) is 0 Å². The third-order valence-electron chi connectivity index (χ3n) is 4.56. The van der Waals surface area contributed by atoms with Gasteiger partial charge in [-0.2, -0.15) is 0 Å². The first-order valence-corrected chi connectivity index (χ1v) is 8.99. The third kappa shape index (κ3) is 4.05. The van der Waals surface area contributed by atoms with Crippen molar-refractivity contribution in [1.82, 2.24) is 4.90 Å². The van der Waals surface area contributed by atoms with Gasteiger partial charge in [0.1, 0.15) is 11.4 Å². The number of halogens is 1. The number of nitrogens with zero attached hydrogens (tertiary/aromatic N) is 2. The van der Waals surface area contributed by atoms with Crippen LogP contribution in [-0.4, -0.2) is 35.5 Å². The second kappa shape index (κ2) is 8.24. The zero-order valence-electron chi connectivity index (χ0n) is 15.7. The maximum Gasteiger partial charge on any atom is 0.286 e. The Morgan fingerprint density at radius 3 is 2.57 bits per heavy atom. The predicted molar refractivity (Wildman–Crippen MR) is 100 cm³/mol. The molecular formula is C20H21FN2O5. The number of carbonyl (C=O) groups is 1. The summed E-state index contributed by atoms with van der Waals surface area (Å²) in [5, 5.41) is 11.6. The fourth-order valence-electron chi connectivity index (χ4n) is 3.02. The predicted octanol–water partition coefficient (Wildman–Crippen LogP) is 3.95. The van der Waals surface area contributed by atoms with E-state index in [2.05, 4.69) is 0 Å². The number of hydrogen-bond acceptors (Lipinski definition) is 5. The van der Waals surface area contributed by atoms with Crippen LogP contribution in [0.5, 0.6) is 11.5 Å². The van der Waals surface area contributed by atoms with E-state index in [-0.39, 0.29) is 35.3 Å². The first-order chi connectivity index (χ1) is 13.5. The SMILES string of the molecule is CCOc1cc(C(=O)N(Cc2ccccc2F)C2CC2)c([N+](=O)[O-])cc1OC. The minimum Gasteiger partial charge on any atom is -0.493 e. The molecule has 1 amide bonds. The van der Waals surface area contributed by atoms with E-state index in [0.29, 0.717) is 12.2 Å². The third-order valence-corrected chi connectivity index (χ3v) is 4.56. The molecule has 1 aliphatic rings. The van der Waals surface area contributed by atoms with Gasteiger partial charge in [-0.05, 0) is 25.8 Å². The number of ether oxygens (including phenoxy) is 2. The smallest absolute Gasteiger partial charge is 0.286 e. The zero-order chi connectivity index (χ0) is 20.3. The molecule has 0 N–H and O–H groups in total. The number of methoxy groups -OCH3 is 1. The first kappa shape index (κ1) is 19.6. The van der Waals surface area contributed by atoms with Gasteiger partial charge < -0.3 is 14.4 Å². The molecule has 28 heavy (non-hydrogen) atoms. The van der Waals surface area contributed by atoms with Crippen LogP contribution < -0.4 is 9.47 Å². The Bertz CT molecular complexity index is 898. The highest BCUT2D eigenvalue weighted by atomic mass is 19.1. The monoisotopic (exact) mass is 388 g/mol. The summed E-state index contributed by atoms with van der Waals surface area (Å²) in [6, 6.07) is 8.65. The largest absolute Gasteiger partial charge is 0.493 e. The summed E-state index contributed by atoms with van der Waals surface area (Å²) >= 11 is 0. The molecule has 3 rings (SSSR count). The average Bonchev–Trinajstić information content (AvgIpc) is 3.51. The summed E-state index contributed by atoms with van der Waals surface area (Å²) in [6.07, 6.45) is 1.56. The second-order valence-corrected chi connectivity index (χ2v) is 6.47. The first-order valence-electron chi connectivity index (χ1n) is 8.99. The van der Waals surface area contributed by atoms with E-state index in [9.17, 15) is 19.3 Å². The molecule has 7 nitrogen and oxygen atoms in total. The lowest BCUT2D eigenvalue weighted by molar-refractivity contribution is -0.385. The molecule has 0 radical (unpaired) electrons. The fourth-order valence-corrected chi connectivity index (χ4v) is 3.02. The molecule has 2 aromatic rings. The Kier molecular flexibility index (Phi) is 5.77. The number of carbonyl (C=O) groups excluding carboxylic acids is 1. The quantitative estimate of drug-likeness (QED) is 0.505. The van der Waals surface area contributed by atoms with Gasteiger partial charge in [-0.15, -0.1) is 0 Å². The van der Waals surface area contributed by atoms with Gasteiger partial charge in [-0.25, -0.2) is 4.39 Å². The number of nitro benzene ring substituents is 1. The van der Waals surface area contributed by atoms with Crippen molar-refractivity contribution in [3.8, 4) is 11.5 Å². The molecule has 1 fully saturated rings. The van der Waals surface area contributed by atoms with Gasteiger partial charge >= 0.3 is 0 Å². The Labute approximate surface area is 161 Å². The van der Waals surface area contributed by atoms with Crippen LogP contribution in [-0.2, 0) is 6.54 Å². The fraction of sp³-hybridized carbons (Fsp3) is 0.350. The van der Waals surface area contributed by atoms with Crippen molar-refractivity contribution in [1.29, 1.82) is 0 Å². The van der Waals surface area contributed by atoms with Crippen LogP contribution >= 0.6 is 0 Å². The van der Waals surface area contributed by atoms with Gasteiger partial charge in [-0.3, -0.25) is 14.9 Å². The number of amides is 1. The molecule has 0 spiro atoms. The van der Waals surface area contributed by atoms with Crippen LogP contribution in [0.1, 0.15) is 35.7 Å². The van der Waals surface area contributed by atoms with Gasteiger partial charge in [0.25, 0.3) is 11.6 Å². The van der Waals surface area contributed by atoms with Crippen LogP contribution in [0.25, 0.3) is 0 Å². The van der Waals surface area contributed by atoms with Gasteiger partial charge in [0.2, 0.25) is 0 Å². The Balaban J connectivity index is 2.01. The van der Waals surface area contributed by atoms with E-state index in [4.69, 9.17) is 9.47 Å². The number of nitro groups is 1. The number of rotatable bonds is 8. The lowest BCUT2D eigenvalue weighted by Crippen LogP contribution is -2.33. The standard InChI is InChI=1S/C20H21FN2O5/c1-3-28-19-10-15(17(23(25)26)11-18(19)27-2)20(24)22(14-8-9-14)12-13-6-4-5-7-16(13)21/h4-7,10-11,14H,3,8-9,12H2,1-2H3. The molecular weight excluding hydrogens is 367 g/mol. The summed E-state index contributed by atoms with van der Waals surface area (Å²) in [7, 11) is 1.37. The molecule has 0 unspecified atom stereocenters. The van der Waals surface area contributed by atoms with Crippen molar-refractivity contribution in [2.75, 3.05) is 13.7 Å². The average molecular weight is 388 g/mol. The van der Waals surface area contributed by atoms with E-state index in [1.54, 1.807) is 25.1 Å². The van der Waals surface area contributed by atoms with E-state index in [0.717, 1.165) is 12.8 Å². The highest BCUT2D eigenvalue weighted by molar-refractivity contribution is 5.99. The van der Waals surface area contributed by atoms with Crippen molar-refractivity contribution < 1.29 is 23.6 Å². The molecule has 1 aliphatic carbocycles. The molecule has 8 heteroatoms.